The Kier molecular flexibility index (Phi) is 8.22. The number of carbonyl (C=O) groups excluding carboxylic acids is 3. The molecular weight excluding hydrogens is 595 g/mol. The van der Waals surface area contributed by atoms with Crippen molar-refractivity contribution in [2.75, 3.05) is 32.1 Å². The van der Waals surface area contributed by atoms with E-state index >= 15 is 0 Å². The summed E-state index contributed by atoms with van der Waals surface area (Å²) in [4.78, 5) is 39.1. The Labute approximate surface area is 237 Å². The van der Waals surface area contributed by atoms with Crippen molar-refractivity contribution in [2.24, 2.45) is 5.92 Å². The molecule has 192 valence electrons. The number of likely N-dealkylation sites (tertiary alicyclic amines) is 1. The Morgan fingerprint density at radius 1 is 1.03 bits per heavy atom. The van der Waals surface area contributed by atoms with Gasteiger partial charge in [-0.15, -0.1) is 23.2 Å². The van der Waals surface area contributed by atoms with E-state index in [-0.39, 0.29) is 44.2 Å². The highest BCUT2D eigenvalue weighted by atomic mass is 35.5. The summed E-state index contributed by atoms with van der Waals surface area (Å²) < 4.78 is 3.44. The van der Waals surface area contributed by atoms with Gasteiger partial charge < -0.3 is 20.3 Å². The minimum absolute atomic E-state index is 0.0138. The van der Waals surface area contributed by atoms with Gasteiger partial charge in [0, 0.05) is 31.8 Å². The highest BCUT2D eigenvalue weighted by Crippen LogP contribution is 2.65. The number of anilines is 1. The number of ether oxygens (including phenoxy) is 1. The van der Waals surface area contributed by atoms with Crippen LogP contribution in [-0.4, -0.2) is 59.8 Å². The normalized spacial score (nSPS) is 20.5. The number of methoxy groups -OCH3 is 1. The summed E-state index contributed by atoms with van der Waals surface area (Å²) in [7, 11) is 1.44. The van der Waals surface area contributed by atoms with Gasteiger partial charge in [-0.1, -0.05) is 46.4 Å². The number of carbonyl (C=O) groups is 3. The van der Waals surface area contributed by atoms with Crippen molar-refractivity contribution in [3.63, 3.8) is 0 Å². The van der Waals surface area contributed by atoms with Crippen molar-refractivity contribution in [1.82, 2.24) is 10.2 Å². The summed E-state index contributed by atoms with van der Waals surface area (Å²) in [6, 6.07) is 7.44. The van der Waals surface area contributed by atoms with E-state index < -0.39 is 28.0 Å². The molecule has 0 spiro atoms. The lowest BCUT2D eigenvalue weighted by atomic mass is 10.1. The summed E-state index contributed by atoms with van der Waals surface area (Å²) in [5, 5.41) is 6.40. The Morgan fingerprint density at radius 3 is 2.28 bits per heavy atom. The highest BCUT2D eigenvalue weighted by Gasteiger charge is 2.67. The molecule has 2 aromatic carbocycles. The van der Waals surface area contributed by atoms with E-state index in [0.29, 0.717) is 24.3 Å². The van der Waals surface area contributed by atoms with E-state index in [2.05, 4.69) is 10.6 Å². The number of halogens is 6. The van der Waals surface area contributed by atoms with Crippen LogP contribution >= 0.6 is 69.6 Å². The van der Waals surface area contributed by atoms with Crippen LogP contribution in [0.15, 0.2) is 30.3 Å². The van der Waals surface area contributed by atoms with Crippen LogP contribution in [0, 0.1) is 5.92 Å². The molecule has 1 aliphatic carbocycles. The smallest absolute Gasteiger partial charge is 0.253 e. The SMILES string of the molecule is COCC(=O)N1CC(NC(=O)c2cc(NC(=O)C3C(c4cc(Cl)c(Cl)c(Cl)c4)C3(Cl)Cl)ccc2Cl)C1. The minimum Gasteiger partial charge on any atom is -0.375 e. The van der Waals surface area contributed by atoms with Crippen molar-refractivity contribution in [3.05, 3.63) is 61.5 Å². The molecule has 7 nitrogen and oxygen atoms in total. The zero-order valence-electron chi connectivity index (χ0n) is 18.6. The Morgan fingerprint density at radius 2 is 1.67 bits per heavy atom. The number of alkyl halides is 2. The lowest BCUT2D eigenvalue weighted by Gasteiger charge is -2.39. The molecule has 1 saturated carbocycles. The Balaban J connectivity index is 1.41. The van der Waals surface area contributed by atoms with Crippen LogP contribution in [0.1, 0.15) is 21.8 Å². The maximum Gasteiger partial charge on any atom is 0.253 e. The molecular formula is C23H19Cl6N3O4. The quantitative estimate of drug-likeness (QED) is 0.323. The van der Waals surface area contributed by atoms with Crippen molar-refractivity contribution in [2.45, 2.75) is 16.3 Å². The highest BCUT2D eigenvalue weighted by molar-refractivity contribution is 6.54. The monoisotopic (exact) mass is 611 g/mol. The molecule has 2 unspecified atom stereocenters. The predicted molar refractivity (Wildman–Crippen MR) is 142 cm³/mol. The predicted octanol–water partition coefficient (Wildman–Crippen LogP) is 5.41. The fraction of sp³-hybridized carbons (Fsp3) is 0.348. The van der Waals surface area contributed by atoms with E-state index in [1.165, 1.54) is 19.2 Å². The average Bonchev–Trinajstić information content (AvgIpc) is 3.37. The van der Waals surface area contributed by atoms with Gasteiger partial charge in [-0.2, -0.15) is 0 Å². The summed E-state index contributed by atoms with van der Waals surface area (Å²) in [6.07, 6.45) is 0. The van der Waals surface area contributed by atoms with Gasteiger partial charge in [0.1, 0.15) is 10.9 Å². The molecule has 0 aromatic heterocycles. The van der Waals surface area contributed by atoms with Gasteiger partial charge in [-0.25, -0.2) is 0 Å². The first-order valence-electron chi connectivity index (χ1n) is 10.6. The molecule has 2 aromatic rings. The minimum atomic E-state index is -1.38. The zero-order valence-corrected chi connectivity index (χ0v) is 23.1. The molecule has 1 aliphatic heterocycles. The van der Waals surface area contributed by atoms with Gasteiger partial charge in [0.25, 0.3) is 5.91 Å². The molecule has 4 rings (SSSR count). The van der Waals surface area contributed by atoms with Gasteiger partial charge in [-0.05, 0) is 35.9 Å². The van der Waals surface area contributed by atoms with Gasteiger partial charge in [-0.3, -0.25) is 14.4 Å². The number of amides is 3. The van der Waals surface area contributed by atoms with Gasteiger partial charge in [0.05, 0.1) is 37.6 Å². The van der Waals surface area contributed by atoms with Crippen LogP contribution in [0.4, 0.5) is 5.69 Å². The van der Waals surface area contributed by atoms with Crippen LogP contribution < -0.4 is 10.6 Å². The third-order valence-corrected chi connectivity index (χ3v) is 8.48. The van der Waals surface area contributed by atoms with Gasteiger partial charge in [0.15, 0.2) is 0 Å². The van der Waals surface area contributed by atoms with E-state index in [4.69, 9.17) is 74.3 Å². The largest absolute Gasteiger partial charge is 0.375 e. The van der Waals surface area contributed by atoms with Crippen LogP contribution in [-0.2, 0) is 14.3 Å². The molecule has 0 radical (unpaired) electrons. The van der Waals surface area contributed by atoms with E-state index in [9.17, 15) is 14.4 Å². The van der Waals surface area contributed by atoms with Crippen LogP contribution in [0.3, 0.4) is 0 Å². The molecule has 13 heteroatoms. The van der Waals surface area contributed by atoms with Crippen LogP contribution in [0.25, 0.3) is 0 Å². The fourth-order valence-corrected chi connectivity index (χ4v) is 5.72. The average molecular weight is 614 g/mol. The zero-order chi connectivity index (χ0) is 26.4. The summed E-state index contributed by atoms with van der Waals surface area (Å²) >= 11 is 37.3. The number of hydrogen-bond donors (Lipinski definition) is 2. The van der Waals surface area contributed by atoms with Crippen molar-refractivity contribution in [1.29, 1.82) is 0 Å². The first-order chi connectivity index (χ1) is 16.9. The maximum absolute atomic E-state index is 13.0. The van der Waals surface area contributed by atoms with E-state index in [1.807, 2.05) is 0 Å². The van der Waals surface area contributed by atoms with E-state index in [0.717, 1.165) is 0 Å². The third-order valence-electron chi connectivity index (χ3n) is 6.02. The van der Waals surface area contributed by atoms with Crippen molar-refractivity contribution < 1.29 is 19.1 Å². The molecule has 3 amide bonds. The second-order valence-corrected chi connectivity index (χ2v) is 11.6. The Hall–Kier alpha value is -1.45. The first kappa shape index (κ1) is 27.6. The van der Waals surface area contributed by atoms with Gasteiger partial charge >= 0.3 is 0 Å². The fourth-order valence-electron chi connectivity index (χ4n) is 4.07. The first-order valence-corrected chi connectivity index (χ1v) is 12.9. The summed E-state index contributed by atoms with van der Waals surface area (Å²) in [5.41, 5.74) is 1.08. The second kappa shape index (κ2) is 10.7. The summed E-state index contributed by atoms with van der Waals surface area (Å²) in [5.74, 6) is -2.40. The molecule has 1 saturated heterocycles. The third kappa shape index (κ3) is 5.53. The lowest BCUT2D eigenvalue weighted by molar-refractivity contribution is -0.139. The number of hydrogen-bond acceptors (Lipinski definition) is 4. The van der Waals surface area contributed by atoms with Gasteiger partial charge in [0.2, 0.25) is 11.8 Å². The molecule has 2 aliphatic rings. The lowest BCUT2D eigenvalue weighted by Crippen LogP contribution is -2.61. The topological polar surface area (TPSA) is 87.7 Å². The standard InChI is InChI=1S/C23H19Cl6N3O4/c1-36-9-17(33)32-7-12(8-32)31-21(34)13-6-11(2-3-14(13)24)30-22(35)19-18(23(19,28)29)10-4-15(25)20(27)16(26)5-10/h2-6,12,18-19H,7-9H2,1H3,(H,30,35)(H,31,34). The second-order valence-electron chi connectivity index (χ2n) is 8.51. The van der Waals surface area contributed by atoms with Crippen LogP contribution in [0.2, 0.25) is 20.1 Å². The molecule has 36 heavy (non-hydrogen) atoms. The number of rotatable bonds is 7. The maximum atomic E-state index is 13.0. The Bertz CT molecular complexity index is 1210. The van der Waals surface area contributed by atoms with E-state index in [1.54, 1.807) is 23.1 Å². The molecule has 0 bridgehead atoms. The van der Waals surface area contributed by atoms with Crippen molar-refractivity contribution >= 4 is 93.0 Å². The number of nitrogens with one attached hydrogen (secondary N) is 2. The molecule has 2 atom stereocenters. The van der Waals surface area contributed by atoms with Crippen LogP contribution in [0.5, 0.6) is 0 Å². The molecule has 2 fully saturated rings. The summed E-state index contributed by atoms with van der Waals surface area (Å²) in [6.45, 7) is 0.731. The van der Waals surface area contributed by atoms with Crippen molar-refractivity contribution in [3.8, 4) is 0 Å². The number of nitrogens with zero attached hydrogens (tertiary/aromatic N) is 1. The molecule has 2 N–H and O–H groups in total. The number of benzene rings is 2. The molecule has 1 heterocycles.